The number of anilines is 2. The van der Waals surface area contributed by atoms with Crippen LogP contribution in [0.25, 0.3) is 0 Å². The summed E-state index contributed by atoms with van der Waals surface area (Å²) in [5.41, 5.74) is 2.83. The van der Waals surface area contributed by atoms with E-state index >= 15 is 0 Å². The average Bonchev–Trinajstić information content (AvgIpc) is 2.92. The molecule has 2 aliphatic rings. The molecule has 0 radical (unpaired) electrons. The predicted molar refractivity (Wildman–Crippen MR) is 157 cm³/mol. The molecule has 0 aromatic heterocycles. The van der Waals surface area contributed by atoms with Gasteiger partial charge >= 0.3 is 0 Å². The largest absolute Gasteiger partial charge is 0.390 e. The van der Waals surface area contributed by atoms with Gasteiger partial charge < -0.3 is 21.1 Å². The van der Waals surface area contributed by atoms with Crippen molar-refractivity contribution in [2.75, 3.05) is 35.0 Å². The van der Waals surface area contributed by atoms with E-state index in [9.17, 15) is 19.0 Å². The molecule has 210 valence electrons. The summed E-state index contributed by atoms with van der Waals surface area (Å²) >= 11 is 0. The minimum atomic E-state index is -2.92. The Morgan fingerprint density at radius 2 is 1.82 bits per heavy atom. The van der Waals surface area contributed by atoms with Gasteiger partial charge in [-0.05, 0) is 62.8 Å². The van der Waals surface area contributed by atoms with Gasteiger partial charge in [-0.2, -0.15) is 0 Å². The number of benzene rings is 2. The molecule has 6 N–H and O–H groups in total. The van der Waals surface area contributed by atoms with Gasteiger partial charge in [0.15, 0.2) is 0 Å². The normalized spacial score (nSPS) is 20.4. The van der Waals surface area contributed by atoms with Crippen molar-refractivity contribution in [1.82, 2.24) is 10.6 Å². The highest BCUT2D eigenvalue weighted by Gasteiger charge is 2.29. The van der Waals surface area contributed by atoms with Gasteiger partial charge in [0.05, 0.1) is 23.6 Å². The maximum atomic E-state index is 13.6. The number of carbonyl (C=O) groups is 1. The number of aliphatic hydroxyl groups excluding tert-OH is 1. The number of nitrogens with one attached hydrogen (secondary N) is 3. The summed E-state index contributed by atoms with van der Waals surface area (Å²) in [4.78, 5) is 13.6. The van der Waals surface area contributed by atoms with Gasteiger partial charge in [0.2, 0.25) is 0 Å². The van der Waals surface area contributed by atoms with Crippen LogP contribution in [0.2, 0.25) is 0 Å². The van der Waals surface area contributed by atoms with Crippen molar-refractivity contribution in [3.63, 3.8) is 0 Å². The maximum Gasteiger partial charge on any atom is 0.251 e. The van der Waals surface area contributed by atoms with E-state index in [-0.39, 0.29) is 5.91 Å². The SMILES string of the molecule is CCNc1cc(C(=O)N[C@@H](Cc2ccccc2)[C@@H](O)CNC2CCCCC2)cc(N2CCCCS2(O)O)c1. The molecule has 38 heavy (non-hydrogen) atoms. The summed E-state index contributed by atoms with van der Waals surface area (Å²) < 4.78 is 23.0. The number of hydrogen-bond donors (Lipinski definition) is 6. The monoisotopic (exact) mass is 544 g/mol. The minimum Gasteiger partial charge on any atom is -0.390 e. The number of amides is 1. The van der Waals surface area contributed by atoms with Gasteiger partial charge in [-0.3, -0.25) is 18.2 Å². The Morgan fingerprint density at radius 3 is 2.53 bits per heavy atom. The fourth-order valence-corrected chi connectivity index (χ4v) is 7.11. The van der Waals surface area contributed by atoms with Gasteiger partial charge in [0, 0.05) is 36.9 Å². The van der Waals surface area contributed by atoms with E-state index in [0.29, 0.717) is 49.1 Å². The van der Waals surface area contributed by atoms with E-state index in [1.807, 2.05) is 43.3 Å². The van der Waals surface area contributed by atoms with Gasteiger partial charge in [-0.1, -0.05) is 49.6 Å². The average molecular weight is 545 g/mol. The lowest BCUT2D eigenvalue weighted by molar-refractivity contribution is 0.0821. The third-order valence-corrected chi connectivity index (χ3v) is 9.47. The molecule has 2 fully saturated rings. The van der Waals surface area contributed by atoms with Crippen molar-refractivity contribution in [3.8, 4) is 0 Å². The van der Waals surface area contributed by atoms with Gasteiger partial charge in [-0.15, -0.1) is 10.8 Å². The summed E-state index contributed by atoms with van der Waals surface area (Å²) in [6, 6.07) is 15.2. The molecule has 0 bridgehead atoms. The van der Waals surface area contributed by atoms with Crippen LogP contribution in [0.4, 0.5) is 11.4 Å². The van der Waals surface area contributed by atoms with Crippen molar-refractivity contribution < 1.29 is 19.0 Å². The second-order valence-electron chi connectivity index (χ2n) is 10.5. The summed E-state index contributed by atoms with van der Waals surface area (Å²) in [5, 5.41) is 21.1. The molecular formula is C29H44N4O4S. The predicted octanol–water partition coefficient (Wildman–Crippen LogP) is 5.01. The molecule has 1 saturated carbocycles. The van der Waals surface area contributed by atoms with Crippen LogP contribution in [0.15, 0.2) is 48.5 Å². The van der Waals surface area contributed by atoms with Crippen LogP contribution >= 0.6 is 10.8 Å². The van der Waals surface area contributed by atoms with Crippen molar-refractivity contribution in [3.05, 3.63) is 59.7 Å². The molecule has 1 aliphatic heterocycles. The Bertz CT molecular complexity index is 1030. The molecule has 2 aromatic rings. The fraction of sp³-hybridized carbons (Fsp3) is 0.552. The van der Waals surface area contributed by atoms with E-state index < -0.39 is 22.9 Å². The molecule has 2 atom stereocenters. The van der Waals surface area contributed by atoms with E-state index in [4.69, 9.17) is 0 Å². The number of rotatable bonds is 11. The maximum absolute atomic E-state index is 13.6. The van der Waals surface area contributed by atoms with Crippen molar-refractivity contribution in [1.29, 1.82) is 0 Å². The third kappa shape index (κ3) is 7.86. The Hall–Kier alpha value is -2.30. The van der Waals surface area contributed by atoms with Gasteiger partial charge in [-0.25, -0.2) is 0 Å². The quantitative estimate of drug-likeness (QED) is 0.236. The number of aliphatic hydroxyl groups is 1. The minimum absolute atomic E-state index is 0.294. The highest BCUT2D eigenvalue weighted by Crippen LogP contribution is 2.50. The summed E-state index contributed by atoms with van der Waals surface area (Å²) in [7, 11) is -2.92. The highest BCUT2D eigenvalue weighted by atomic mass is 32.3. The lowest BCUT2D eigenvalue weighted by atomic mass is 9.95. The molecule has 0 spiro atoms. The van der Waals surface area contributed by atoms with E-state index in [1.165, 1.54) is 19.3 Å². The molecule has 0 unspecified atom stereocenters. The molecule has 9 heteroatoms. The Morgan fingerprint density at radius 1 is 1.05 bits per heavy atom. The van der Waals surface area contributed by atoms with Crippen molar-refractivity contribution >= 4 is 28.1 Å². The summed E-state index contributed by atoms with van der Waals surface area (Å²) in [6.07, 6.45) is 7.33. The van der Waals surface area contributed by atoms with Crippen LogP contribution in [0.1, 0.15) is 67.8 Å². The Kier molecular flexibility index (Phi) is 10.3. The second kappa shape index (κ2) is 13.7. The fourth-order valence-electron chi connectivity index (χ4n) is 5.44. The van der Waals surface area contributed by atoms with E-state index in [1.54, 1.807) is 16.4 Å². The molecular weight excluding hydrogens is 500 g/mol. The lowest BCUT2D eigenvalue weighted by Crippen LogP contribution is -2.50. The van der Waals surface area contributed by atoms with Crippen LogP contribution < -0.4 is 20.3 Å². The first-order valence-corrected chi connectivity index (χ1v) is 15.7. The highest BCUT2D eigenvalue weighted by molar-refractivity contribution is 8.25. The third-order valence-electron chi connectivity index (χ3n) is 7.53. The standard InChI is InChI=1S/C29H44N4O4S/c1-2-30-25-18-23(19-26(20-25)33-15-9-10-16-38(33,36)37)29(35)32-27(17-22-11-5-3-6-12-22)28(34)21-31-24-13-7-4-8-14-24/h3,5-6,11-12,18-20,24,27-28,30-31,34,36-37H,2,4,7-10,13-17,21H2,1H3,(H,32,35)/t27-,28-/m0/s1. The van der Waals surface area contributed by atoms with Crippen LogP contribution in [0, 0.1) is 0 Å². The topological polar surface area (TPSA) is 117 Å². The summed E-state index contributed by atoms with van der Waals surface area (Å²) in [5.74, 6) is 0.0383. The lowest BCUT2D eigenvalue weighted by Gasteiger charge is -2.47. The van der Waals surface area contributed by atoms with Crippen molar-refractivity contribution in [2.45, 2.75) is 76.5 Å². The molecule has 4 rings (SSSR count). The number of nitrogens with zero attached hydrogens (tertiary/aromatic N) is 1. The van der Waals surface area contributed by atoms with Crippen LogP contribution in [-0.2, 0) is 6.42 Å². The van der Waals surface area contributed by atoms with Gasteiger partial charge in [0.1, 0.15) is 0 Å². The first-order valence-electron chi connectivity index (χ1n) is 14.0. The van der Waals surface area contributed by atoms with Gasteiger partial charge in [0.25, 0.3) is 5.91 Å². The van der Waals surface area contributed by atoms with Crippen molar-refractivity contribution in [2.24, 2.45) is 0 Å². The zero-order valence-corrected chi connectivity index (χ0v) is 23.3. The zero-order valence-electron chi connectivity index (χ0n) is 22.4. The first kappa shape index (κ1) is 28.7. The molecule has 1 aliphatic carbocycles. The van der Waals surface area contributed by atoms with Crippen LogP contribution in [0.5, 0.6) is 0 Å². The van der Waals surface area contributed by atoms with E-state index in [2.05, 4.69) is 16.0 Å². The van der Waals surface area contributed by atoms with E-state index in [0.717, 1.165) is 36.9 Å². The number of hydrogen-bond acceptors (Lipinski definition) is 7. The molecule has 8 nitrogen and oxygen atoms in total. The molecule has 2 aromatic carbocycles. The second-order valence-corrected chi connectivity index (χ2v) is 12.6. The Labute approximate surface area is 228 Å². The molecule has 1 heterocycles. The first-order chi connectivity index (χ1) is 18.4. The zero-order chi connectivity index (χ0) is 27.0. The number of carbonyl (C=O) groups excluding carboxylic acids is 1. The van der Waals surface area contributed by atoms with Crippen LogP contribution in [-0.4, -0.2) is 63.7 Å². The van der Waals surface area contributed by atoms with Crippen LogP contribution in [0.3, 0.4) is 0 Å². The molecule has 1 amide bonds. The molecule has 1 saturated heterocycles. The smallest absolute Gasteiger partial charge is 0.251 e. The Balaban J connectivity index is 1.53. The summed E-state index contributed by atoms with van der Waals surface area (Å²) in [6.45, 7) is 3.59.